The number of rotatable bonds is 5. The summed E-state index contributed by atoms with van der Waals surface area (Å²) in [5.41, 5.74) is 5.18. The fraction of sp³-hybridized carbons (Fsp3) is 0.400. The molecular formula is C10H14F2N2O2. The monoisotopic (exact) mass is 232 g/mol. The highest BCUT2D eigenvalue weighted by Gasteiger charge is 2.14. The topological polar surface area (TPSA) is 78.5 Å². The maximum absolute atomic E-state index is 13.4. The van der Waals surface area contributed by atoms with Crippen molar-refractivity contribution in [2.45, 2.75) is 12.6 Å². The van der Waals surface area contributed by atoms with Gasteiger partial charge in [-0.25, -0.2) is 8.78 Å². The van der Waals surface area contributed by atoms with E-state index in [1.165, 1.54) is 12.1 Å². The number of nitrogens with one attached hydrogen (secondary N) is 1. The number of benzene rings is 1. The van der Waals surface area contributed by atoms with E-state index in [9.17, 15) is 8.78 Å². The fourth-order valence-corrected chi connectivity index (χ4v) is 1.23. The number of hydrogen-bond acceptors (Lipinski definition) is 4. The van der Waals surface area contributed by atoms with Crippen LogP contribution in [0.15, 0.2) is 12.1 Å². The van der Waals surface area contributed by atoms with Gasteiger partial charge in [0.1, 0.15) is 0 Å². The predicted octanol–water partition coefficient (Wildman–Crippen LogP) is 0.189. The van der Waals surface area contributed by atoms with Crippen molar-refractivity contribution in [3.63, 3.8) is 0 Å². The Morgan fingerprint density at radius 1 is 1.19 bits per heavy atom. The second-order valence-corrected chi connectivity index (χ2v) is 3.31. The van der Waals surface area contributed by atoms with Crippen LogP contribution < -0.4 is 11.1 Å². The number of nitrogens with two attached hydrogens (primary N) is 1. The van der Waals surface area contributed by atoms with Gasteiger partial charge in [-0.3, -0.25) is 0 Å². The van der Waals surface area contributed by atoms with Crippen molar-refractivity contribution in [1.82, 2.24) is 0 Å². The Bertz CT molecular complexity index is 357. The molecule has 16 heavy (non-hydrogen) atoms. The lowest BCUT2D eigenvalue weighted by molar-refractivity contribution is 0.203. The van der Waals surface area contributed by atoms with Crippen molar-refractivity contribution in [3.05, 3.63) is 29.3 Å². The van der Waals surface area contributed by atoms with Crippen molar-refractivity contribution >= 4 is 5.69 Å². The first-order valence-electron chi connectivity index (χ1n) is 4.79. The molecule has 0 unspecified atom stereocenters. The van der Waals surface area contributed by atoms with Crippen LogP contribution in [0.25, 0.3) is 0 Å². The van der Waals surface area contributed by atoms with Crippen molar-refractivity contribution < 1.29 is 19.0 Å². The number of aliphatic hydroxyl groups excluding tert-OH is 2. The molecule has 0 atom stereocenters. The van der Waals surface area contributed by atoms with E-state index in [1.54, 1.807) is 0 Å². The van der Waals surface area contributed by atoms with Crippen molar-refractivity contribution in [2.75, 3.05) is 18.5 Å². The van der Waals surface area contributed by atoms with E-state index in [0.29, 0.717) is 0 Å². The Kier molecular flexibility index (Phi) is 4.60. The minimum Gasteiger partial charge on any atom is -0.394 e. The molecule has 0 saturated carbocycles. The number of hydrogen-bond donors (Lipinski definition) is 4. The van der Waals surface area contributed by atoms with Crippen LogP contribution in [0.3, 0.4) is 0 Å². The van der Waals surface area contributed by atoms with Crippen LogP contribution in [-0.2, 0) is 6.54 Å². The molecule has 5 N–H and O–H groups in total. The molecule has 4 nitrogen and oxygen atoms in total. The summed E-state index contributed by atoms with van der Waals surface area (Å²) in [4.78, 5) is 0. The van der Waals surface area contributed by atoms with E-state index in [1.807, 2.05) is 0 Å². The lowest BCUT2D eigenvalue weighted by Gasteiger charge is -2.16. The summed E-state index contributed by atoms with van der Waals surface area (Å²) in [7, 11) is 0. The molecule has 0 bridgehead atoms. The summed E-state index contributed by atoms with van der Waals surface area (Å²) in [6.07, 6.45) is 0. The van der Waals surface area contributed by atoms with Crippen LogP contribution in [0, 0.1) is 11.6 Å². The molecular weight excluding hydrogens is 218 g/mol. The van der Waals surface area contributed by atoms with Gasteiger partial charge in [-0.05, 0) is 6.07 Å². The molecule has 0 aliphatic rings. The Labute approximate surface area is 91.7 Å². The van der Waals surface area contributed by atoms with Crippen LogP contribution in [0.4, 0.5) is 14.5 Å². The molecule has 0 saturated heterocycles. The lowest BCUT2D eigenvalue weighted by atomic mass is 10.1. The van der Waals surface area contributed by atoms with Gasteiger partial charge < -0.3 is 21.3 Å². The lowest BCUT2D eigenvalue weighted by Crippen LogP contribution is -2.28. The predicted molar refractivity (Wildman–Crippen MR) is 55.8 cm³/mol. The summed E-state index contributed by atoms with van der Waals surface area (Å²) < 4.78 is 26.7. The van der Waals surface area contributed by atoms with Gasteiger partial charge in [0.05, 0.1) is 24.9 Å². The number of aliphatic hydroxyl groups is 2. The van der Waals surface area contributed by atoms with E-state index in [-0.39, 0.29) is 31.0 Å². The molecule has 1 aromatic carbocycles. The molecule has 0 fully saturated rings. The van der Waals surface area contributed by atoms with Gasteiger partial charge in [0.2, 0.25) is 0 Å². The zero-order valence-corrected chi connectivity index (χ0v) is 8.58. The van der Waals surface area contributed by atoms with Gasteiger partial charge in [0.15, 0.2) is 11.6 Å². The molecule has 0 aromatic heterocycles. The van der Waals surface area contributed by atoms with Gasteiger partial charge in [0, 0.05) is 12.1 Å². The molecule has 0 amide bonds. The third-order valence-electron chi connectivity index (χ3n) is 2.18. The standard InChI is InChI=1S/C10H14F2N2O2/c11-9-6(3-13)1-2-8(10(9)12)14-7(4-15)5-16/h1-2,7,14-16H,3-5,13H2. The Morgan fingerprint density at radius 2 is 1.81 bits per heavy atom. The van der Waals surface area contributed by atoms with Crippen LogP contribution in [0.2, 0.25) is 0 Å². The summed E-state index contributed by atoms with van der Waals surface area (Å²) in [5, 5.41) is 20.1. The maximum Gasteiger partial charge on any atom is 0.182 e. The SMILES string of the molecule is NCc1ccc(NC(CO)CO)c(F)c1F. The van der Waals surface area contributed by atoms with E-state index >= 15 is 0 Å². The average Bonchev–Trinajstić information content (AvgIpc) is 2.31. The number of anilines is 1. The molecule has 90 valence electrons. The van der Waals surface area contributed by atoms with E-state index in [2.05, 4.69) is 5.32 Å². The molecule has 1 aromatic rings. The minimum atomic E-state index is -1.06. The van der Waals surface area contributed by atoms with Crippen LogP contribution >= 0.6 is 0 Å². The first-order chi connectivity index (χ1) is 7.63. The second kappa shape index (κ2) is 5.74. The highest BCUT2D eigenvalue weighted by molar-refractivity contribution is 5.48. The van der Waals surface area contributed by atoms with E-state index in [4.69, 9.17) is 15.9 Å². The molecule has 0 heterocycles. The molecule has 0 aliphatic carbocycles. The van der Waals surface area contributed by atoms with Crippen molar-refractivity contribution in [3.8, 4) is 0 Å². The van der Waals surface area contributed by atoms with Crippen molar-refractivity contribution in [1.29, 1.82) is 0 Å². The van der Waals surface area contributed by atoms with Crippen LogP contribution in [0.1, 0.15) is 5.56 Å². The summed E-state index contributed by atoms with van der Waals surface area (Å²) in [5.74, 6) is -2.07. The largest absolute Gasteiger partial charge is 0.394 e. The summed E-state index contributed by atoms with van der Waals surface area (Å²) >= 11 is 0. The Balaban J connectivity index is 2.94. The molecule has 0 spiro atoms. The fourth-order valence-electron chi connectivity index (χ4n) is 1.23. The van der Waals surface area contributed by atoms with Gasteiger partial charge in [-0.15, -0.1) is 0 Å². The summed E-state index contributed by atoms with van der Waals surface area (Å²) in [6.45, 7) is -0.848. The Hall–Kier alpha value is -1.24. The average molecular weight is 232 g/mol. The van der Waals surface area contributed by atoms with Gasteiger partial charge in [-0.1, -0.05) is 6.07 Å². The summed E-state index contributed by atoms with van der Waals surface area (Å²) in [6, 6.07) is 1.95. The van der Waals surface area contributed by atoms with Crippen molar-refractivity contribution in [2.24, 2.45) is 5.73 Å². The maximum atomic E-state index is 13.4. The zero-order valence-electron chi connectivity index (χ0n) is 8.58. The van der Waals surface area contributed by atoms with Gasteiger partial charge in [0.25, 0.3) is 0 Å². The quantitative estimate of drug-likeness (QED) is 0.584. The Morgan fingerprint density at radius 3 is 2.31 bits per heavy atom. The third-order valence-corrected chi connectivity index (χ3v) is 2.18. The smallest absolute Gasteiger partial charge is 0.182 e. The zero-order chi connectivity index (χ0) is 12.1. The first-order valence-corrected chi connectivity index (χ1v) is 4.79. The molecule has 0 radical (unpaired) electrons. The third kappa shape index (κ3) is 2.66. The molecule has 6 heteroatoms. The van der Waals surface area contributed by atoms with E-state index in [0.717, 1.165) is 0 Å². The molecule has 0 aliphatic heterocycles. The first kappa shape index (κ1) is 12.8. The number of halogens is 2. The van der Waals surface area contributed by atoms with Gasteiger partial charge >= 0.3 is 0 Å². The van der Waals surface area contributed by atoms with Gasteiger partial charge in [-0.2, -0.15) is 0 Å². The van der Waals surface area contributed by atoms with Crippen LogP contribution in [-0.4, -0.2) is 29.5 Å². The highest BCUT2D eigenvalue weighted by Crippen LogP contribution is 2.20. The highest BCUT2D eigenvalue weighted by atomic mass is 19.2. The van der Waals surface area contributed by atoms with Crippen LogP contribution in [0.5, 0.6) is 0 Å². The normalized spacial score (nSPS) is 10.9. The molecule has 1 rings (SSSR count). The second-order valence-electron chi connectivity index (χ2n) is 3.31. The minimum absolute atomic E-state index is 0.0765. The van der Waals surface area contributed by atoms with E-state index < -0.39 is 17.7 Å².